The number of benzene rings is 1. The van der Waals surface area contributed by atoms with Crippen LogP contribution in [0.4, 0.5) is 5.95 Å². The van der Waals surface area contributed by atoms with Crippen LogP contribution in [0, 0.1) is 0 Å². The molecule has 0 aliphatic heterocycles. The summed E-state index contributed by atoms with van der Waals surface area (Å²) < 4.78 is 6.30. The number of carboxylic acid groups (broad SMARTS) is 1. The van der Waals surface area contributed by atoms with E-state index in [-0.39, 0.29) is 0 Å². The number of halogens is 1. The molecule has 0 saturated heterocycles. The molecule has 7 heteroatoms. The number of carboxylic acids is 1. The molecule has 1 aromatic carbocycles. The van der Waals surface area contributed by atoms with Crippen molar-refractivity contribution in [2.24, 2.45) is 0 Å². The van der Waals surface area contributed by atoms with E-state index in [0.717, 1.165) is 16.5 Å². The lowest BCUT2D eigenvalue weighted by Crippen LogP contribution is -2.37. The van der Waals surface area contributed by atoms with E-state index in [1.54, 1.807) is 24.5 Å². The first-order valence-corrected chi connectivity index (χ1v) is 7.89. The van der Waals surface area contributed by atoms with Crippen LogP contribution in [0.1, 0.15) is 19.4 Å². The summed E-state index contributed by atoms with van der Waals surface area (Å²) >= 11 is 3.29. The molecule has 2 aromatic rings. The summed E-state index contributed by atoms with van der Waals surface area (Å²) in [5, 5.41) is 12.2. The average Bonchev–Trinajstić information content (AvgIpc) is 2.50. The van der Waals surface area contributed by atoms with Gasteiger partial charge < -0.3 is 15.2 Å². The van der Waals surface area contributed by atoms with Crippen molar-refractivity contribution in [2.75, 3.05) is 11.9 Å². The molecule has 0 aliphatic carbocycles. The van der Waals surface area contributed by atoms with Crippen LogP contribution in [0.3, 0.4) is 0 Å². The first kappa shape index (κ1) is 17.2. The molecule has 1 aromatic heterocycles. The molecule has 0 bridgehead atoms. The standard InChI is InChI=1S/C16H18BrN3O3/c1-16(2,14(21)22)23-13-5-3-11(4-6-13)7-8-18-15-19-9-12(17)10-20-15/h3-6,9-10H,7-8H2,1-2H3,(H,21,22)(H,18,19,20). The highest BCUT2D eigenvalue weighted by molar-refractivity contribution is 9.10. The second kappa shape index (κ2) is 7.41. The molecule has 0 saturated carbocycles. The lowest BCUT2D eigenvalue weighted by Gasteiger charge is -2.21. The Hall–Kier alpha value is -2.15. The Morgan fingerprint density at radius 3 is 2.43 bits per heavy atom. The van der Waals surface area contributed by atoms with Gasteiger partial charge in [-0.3, -0.25) is 0 Å². The van der Waals surface area contributed by atoms with Crippen molar-refractivity contribution in [3.05, 3.63) is 46.7 Å². The van der Waals surface area contributed by atoms with Gasteiger partial charge in [0.15, 0.2) is 5.60 Å². The third-order valence-electron chi connectivity index (χ3n) is 3.13. The van der Waals surface area contributed by atoms with E-state index in [1.807, 2.05) is 12.1 Å². The second-order valence-electron chi connectivity index (χ2n) is 5.46. The monoisotopic (exact) mass is 379 g/mol. The van der Waals surface area contributed by atoms with Crippen molar-refractivity contribution < 1.29 is 14.6 Å². The fourth-order valence-electron chi connectivity index (χ4n) is 1.78. The Balaban J connectivity index is 1.85. The molecule has 0 fully saturated rings. The fourth-order valence-corrected chi connectivity index (χ4v) is 1.99. The number of carbonyl (C=O) groups is 1. The van der Waals surface area contributed by atoms with Crippen LogP contribution in [-0.4, -0.2) is 33.2 Å². The van der Waals surface area contributed by atoms with Gasteiger partial charge in [-0.1, -0.05) is 12.1 Å². The summed E-state index contributed by atoms with van der Waals surface area (Å²) in [7, 11) is 0. The molecule has 0 unspecified atom stereocenters. The van der Waals surface area contributed by atoms with Crippen molar-refractivity contribution in [3.63, 3.8) is 0 Å². The smallest absolute Gasteiger partial charge is 0.347 e. The van der Waals surface area contributed by atoms with Gasteiger partial charge in [-0.05, 0) is 53.9 Å². The summed E-state index contributed by atoms with van der Waals surface area (Å²) in [4.78, 5) is 19.3. The maximum absolute atomic E-state index is 11.0. The van der Waals surface area contributed by atoms with E-state index >= 15 is 0 Å². The van der Waals surface area contributed by atoms with E-state index in [0.29, 0.717) is 18.2 Å². The zero-order chi connectivity index (χ0) is 16.9. The maximum atomic E-state index is 11.0. The molecular weight excluding hydrogens is 362 g/mol. The highest BCUT2D eigenvalue weighted by atomic mass is 79.9. The van der Waals surface area contributed by atoms with Gasteiger partial charge in [0.05, 0.1) is 4.47 Å². The third kappa shape index (κ3) is 5.21. The minimum absolute atomic E-state index is 0.533. The number of aromatic nitrogens is 2. The Kier molecular flexibility index (Phi) is 5.54. The predicted octanol–water partition coefficient (Wildman–Crippen LogP) is 3.14. The van der Waals surface area contributed by atoms with Crippen molar-refractivity contribution in [1.29, 1.82) is 0 Å². The van der Waals surface area contributed by atoms with Gasteiger partial charge in [-0.2, -0.15) is 0 Å². The molecule has 6 nitrogen and oxygen atoms in total. The molecule has 0 amide bonds. The molecule has 1 heterocycles. The lowest BCUT2D eigenvalue weighted by molar-refractivity contribution is -0.152. The SMILES string of the molecule is CC(C)(Oc1ccc(CCNc2ncc(Br)cn2)cc1)C(=O)O. The van der Waals surface area contributed by atoms with Crippen LogP contribution < -0.4 is 10.1 Å². The summed E-state index contributed by atoms with van der Waals surface area (Å²) in [6.07, 6.45) is 4.17. The van der Waals surface area contributed by atoms with Gasteiger partial charge >= 0.3 is 5.97 Å². The van der Waals surface area contributed by atoms with Crippen molar-refractivity contribution in [1.82, 2.24) is 9.97 Å². The van der Waals surface area contributed by atoms with E-state index in [2.05, 4.69) is 31.2 Å². The van der Waals surface area contributed by atoms with E-state index in [4.69, 9.17) is 9.84 Å². The number of nitrogens with zero attached hydrogens (tertiary/aromatic N) is 2. The number of rotatable bonds is 7. The number of ether oxygens (including phenoxy) is 1. The zero-order valence-electron chi connectivity index (χ0n) is 12.9. The Morgan fingerprint density at radius 1 is 1.26 bits per heavy atom. The first-order valence-electron chi connectivity index (χ1n) is 7.09. The molecular formula is C16H18BrN3O3. The zero-order valence-corrected chi connectivity index (χ0v) is 14.5. The third-order valence-corrected chi connectivity index (χ3v) is 3.54. The first-order chi connectivity index (χ1) is 10.9. The van der Waals surface area contributed by atoms with Gasteiger partial charge in [0, 0.05) is 18.9 Å². The molecule has 0 spiro atoms. The lowest BCUT2D eigenvalue weighted by atomic mass is 10.1. The molecule has 0 aliphatic rings. The minimum Gasteiger partial charge on any atom is -0.478 e. The quantitative estimate of drug-likeness (QED) is 0.768. The molecule has 122 valence electrons. The number of anilines is 1. The molecule has 0 radical (unpaired) electrons. The van der Waals surface area contributed by atoms with Crippen LogP contribution in [-0.2, 0) is 11.2 Å². The van der Waals surface area contributed by atoms with Gasteiger partial charge in [-0.15, -0.1) is 0 Å². The van der Waals surface area contributed by atoms with Crippen molar-refractivity contribution in [3.8, 4) is 5.75 Å². The number of hydrogen-bond donors (Lipinski definition) is 2. The van der Waals surface area contributed by atoms with Crippen LogP contribution in [0.2, 0.25) is 0 Å². The van der Waals surface area contributed by atoms with E-state index in [1.165, 1.54) is 13.8 Å². The molecule has 23 heavy (non-hydrogen) atoms. The fraction of sp³-hybridized carbons (Fsp3) is 0.312. The van der Waals surface area contributed by atoms with E-state index < -0.39 is 11.6 Å². The van der Waals surface area contributed by atoms with Gasteiger partial charge in [0.25, 0.3) is 0 Å². The summed E-state index contributed by atoms with van der Waals surface area (Å²) in [6, 6.07) is 7.38. The number of hydrogen-bond acceptors (Lipinski definition) is 5. The summed E-state index contributed by atoms with van der Waals surface area (Å²) in [6.45, 7) is 3.74. The van der Waals surface area contributed by atoms with Crippen LogP contribution in [0.15, 0.2) is 41.1 Å². The molecule has 2 N–H and O–H groups in total. The highest BCUT2D eigenvalue weighted by Crippen LogP contribution is 2.19. The van der Waals surface area contributed by atoms with Crippen molar-refractivity contribution >= 4 is 27.8 Å². The maximum Gasteiger partial charge on any atom is 0.347 e. The van der Waals surface area contributed by atoms with Crippen LogP contribution in [0.25, 0.3) is 0 Å². The topological polar surface area (TPSA) is 84.3 Å². The van der Waals surface area contributed by atoms with E-state index in [9.17, 15) is 4.79 Å². The molecule has 2 rings (SSSR count). The summed E-state index contributed by atoms with van der Waals surface area (Å²) in [5.74, 6) is 0.113. The van der Waals surface area contributed by atoms with Crippen molar-refractivity contribution in [2.45, 2.75) is 25.9 Å². The normalized spacial score (nSPS) is 11.1. The number of aliphatic carboxylic acids is 1. The predicted molar refractivity (Wildman–Crippen MR) is 90.7 cm³/mol. The van der Waals surface area contributed by atoms with Crippen LogP contribution in [0.5, 0.6) is 5.75 Å². The number of nitrogens with one attached hydrogen (secondary N) is 1. The Morgan fingerprint density at radius 2 is 1.87 bits per heavy atom. The Labute approximate surface area is 143 Å². The van der Waals surface area contributed by atoms with Gasteiger partial charge in [0.1, 0.15) is 5.75 Å². The van der Waals surface area contributed by atoms with Gasteiger partial charge in [0.2, 0.25) is 5.95 Å². The minimum atomic E-state index is -1.25. The van der Waals surface area contributed by atoms with Gasteiger partial charge in [-0.25, -0.2) is 14.8 Å². The second-order valence-corrected chi connectivity index (χ2v) is 6.38. The molecule has 0 atom stereocenters. The Bertz CT molecular complexity index is 657. The average molecular weight is 380 g/mol. The van der Waals surface area contributed by atoms with Crippen LogP contribution >= 0.6 is 15.9 Å². The highest BCUT2D eigenvalue weighted by Gasteiger charge is 2.29. The summed E-state index contributed by atoms with van der Waals surface area (Å²) in [5.41, 5.74) is -0.141. The largest absolute Gasteiger partial charge is 0.478 e.